The Labute approximate surface area is 86.6 Å². The van der Waals surface area contributed by atoms with Crippen molar-refractivity contribution in [3.05, 3.63) is 23.8 Å². The van der Waals surface area contributed by atoms with Crippen molar-refractivity contribution in [2.45, 2.75) is 13.0 Å². The number of anilines is 2. The molecule has 1 heterocycles. The van der Waals surface area contributed by atoms with Gasteiger partial charge in [0.15, 0.2) is 0 Å². The number of hydrogen-bond acceptors (Lipinski definition) is 3. The molecule has 4 N–H and O–H groups in total. The fourth-order valence-corrected chi connectivity index (χ4v) is 1.44. The molecule has 0 bridgehead atoms. The number of rotatable bonds is 0. The topological polar surface area (TPSA) is 84.2 Å². The summed E-state index contributed by atoms with van der Waals surface area (Å²) in [4.78, 5) is 23.1. The Bertz CT molecular complexity index is 442. The molecule has 1 aromatic rings. The van der Waals surface area contributed by atoms with Crippen molar-refractivity contribution in [3.63, 3.8) is 0 Å². The molecular weight excluding hydrogens is 194 g/mol. The fourth-order valence-electron chi connectivity index (χ4n) is 1.44. The minimum Gasteiger partial charge on any atom is -0.399 e. The second-order valence-electron chi connectivity index (χ2n) is 3.49. The molecule has 15 heavy (non-hydrogen) atoms. The van der Waals surface area contributed by atoms with E-state index in [0.29, 0.717) is 16.9 Å². The van der Waals surface area contributed by atoms with Crippen LogP contribution in [0, 0.1) is 0 Å². The number of nitrogens with one attached hydrogen (secondary N) is 2. The lowest BCUT2D eigenvalue weighted by atomic mass is 10.1. The van der Waals surface area contributed by atoms with Crippen LogP contribution >= 0.6 is 0 Å². The van der Waals surface area contributed by atoms with Crippen LogP contribution in [-0.2, 0) is 4.79 Å². The van der Waals surface area contributed by atoms with Crippen molar-refractivity contribution >= 4 is 23.2 Å². The van der Waals surface area contributed by atoms with Crippen molar-refractivity contribution in [3.8, 4) is 0 Å². The van der Waals surface area contributed by atoms with Gasteiger partial charge < -0.3 is 16.4 Å². The molecule has 2 rings (SSSR count). The molecule has 0 fully saturated rings. The normalized spacial score (nSPS) is 19.9. The lowest BCUT2D eigenvalue weighted by Crippen LogP contribution is -2.38. The Hall–Kier alpha value is -2.04. The summed E-state index contributed by atoms with van der Waals surface area (Å²) in [6.07, 6.45) is 0. The third-order valence-corrected chi connectivity index (χ3v) is 2.29. The lowest BCUT2D eigenvalue weighted by molar-refractivity contribution is -0.117. The van der Waals surface area contributed by atoms with Crippen molar-refractivity contribution in [1.82, 2.24) is 5.32 Å². The quantitative estimate of drug-likeness (QED) is 0.534. The summed E-state index contributed by atoms with van der Waals surface area (Å²) in [7, 11) is 0. The standard InChI is InChI=1S/C10H11N3O2/c1-5-9(14)13-8-3-2-6(11)4-7(8)10(15)12-5/h2-5H,11H2,1H3,(H,12,15)(H,13,14)/t5-/m1/s1. The summed E-state index contributed by atoms with van der Waals surface area (Å²) < 4.78 is 0. The third-order valence-electron chi connectivity index (χ3n) is 2.29. The SMILES string of the molecule is C[C@H]1NC(=O)c2cc(N)ccc2NC1=O. The molecule has 1 atom stereocenters. The Morgan fingerprint density at radius 2 is 2.07 bits per heavy atom. The van der Waals surface area contributed by atoms with Crippen LogP contribution in [0.3, 0.4) is 0 Å². The number of nitrogen functional groups attached to an aromatic ring is 1. The van der Waals surface area contributed by atoms with Crippen molar-refractivity contribution in [1.29, 1.82) is 0 Å². The molecule has 0 saturated carbocycles. The molecule has 0 radical (unpaired) electrons. The number of carbonyl (C=O) groups is 2. The summed E-state index contributed by atoms with van der Waals surface area (Å²) in [5, 5.41) is 5.22. The average molecular weight is 205 g/mol. The van der Waals surface area contributed by atoms with Gasteiger partial charge in [0.2, 0.25) is 5.91 Å². The second-order valence-corrected chi connectivity index (χ2v) is 3.49. The van der Waals surface area contributed by atoms with Crippen LogP contribution in [0.2, 0.25) is 0 Å². The maximum absolute atomic E-state index is 11.7. The molecular formula is C10H11N3O2. The van der Waals surface area contributed by atoms with Gasteiger partial charge in [-0.05, 0) is 25.1 Å². The van der Waals surface area contributed by atoms with E-state index in [1.54, 1.807) is 25.1 Å². The van der Waals surface area contributed by atoms with Gasteiger partial charge in [0.05, 0.1) is 11.3 Å². The van der Waals surface area contributed by atoms with Crippen LogP contribution in [0.25, 0.3) is 0 Å². The minimum atomic E-state index is -0.536. The number of benzene rings is 1. The maximum Gasteiger partial charge on any atom is 0.254 e. The zero-order valence-electron chi connectivity index (χ0n) is 8.20. The predicted molar refractivity (Wildman–Crippen MR) is 56.4 cm³/mol. The first-order chi connectivity index (χ1) is 7.08. The lowest BCUT2D eigenvalue weighted by Gasteiger charge is -2.06. The molecule has 0 aliphatic carbocycles. The highest BCUT2D eigenvalue weighted by Crippen LogP contribution is 2.21. The molecule has 1 aliphatic rings. The van der Waals surface area contributed by atoms with Gasteiger partial charge in [0, 0.05) is 5.69 Å². The molecule has 0 spiro atoms. The first-order valence-corrected chi connectivity index (χ1v) is 4.59. The van der Waals surface area contributed by atoms with Crippen molar-refractivity contribution < 1.29 is 9.59 Å². The molecule has 0 saturated heterocycles. The van der Waals surface area contributed by atoms with E-state index in [-0.39, 0.29) is 11.8 Å². The van der Waals surface area contributed by atoms with E-state index >= 15 is 0 Å². The molecule has 2 amide bonds. The molecule has 5 heteroatoms. The van der Waals surface area contributed by atoms with E-state index in [9.17, 15) is 9.59 Å². The van der Waals surface area contributed by atoms with Crippen molar-refractivity contribution in [2.24, 2.45) is 0 Å². The third kappa shape index (κ3) is 1.63. The number of hydrogen-bond donors (Lipinski definition) is 3. The van der Waals surface area contributed by atoms with E-state index in [0.717, 1.165) is 0 Å². The summed E-state index contributed by atoms with van der Waals surface area (Å²) in [6.45, 7) is 1.63. The first-order valence-electron chi connectivity index (χ1n) is 4.59. The molecule has 0 aromatic heterocycles. The Morgan fingerprint density at radius 1 is 1.33 bits per heavy atom. The van der Waals surface area contributed by atoms with E-state index in [2.05, 4.69) is 10.6 Å². The van der Waals surface area contributed by atoms with Crippen molar-refractivity contribution in [2.75, 3.05) is 11.1 Å². The zero-order valence-corrected chi connectivity index (χ0v) is 8.20. The highest BCUT2D eigenvalue weighted by atomic mass is 16.2. The predicted octanol–water partition coefficient (Wildman–Crippen LogP) is 0.339. The van der Waals surface area contributed by atoms with E-state index in [1.807, 2.05) is 0 Å². The molecule has 78 valence electrons. The summed E-state index contributed by atoms with van der Waals surface area (Å²) >= 11 is 0. The van der Waals surface area contributed by atoms with Crippen LogP contribution < -0.4 is 16.4 Å². The summed E-state index contributed by atoms with van der Waals surface area (Å²) in [6, 6.07) is 4.28. The van der Waals surface area contributed by atoms with Crippen LogP contribution in [0.15, 0.2) is 18.2 Å². The smallest absolute Gasteiger partial charge is 0.254 e. The fraction of sp³-hybridized carbons (Fsp3) is 0.200. The highest BCUT2D eigenvalue weighted by molar-refractivity contribution is 6.10. The number of amides is 2. The monoisotopic (exact) mass is 205 g/mol. The van der Waals surface area contributed by atoms with Gasteiger partial charge in [-0.25, -0.2) is 0 Å². The zero-order chi connectivity index (χ0) is 11.0. The number of fused-ring (bicyclic) bond motifs is 1. The van der Waals surface area contributed by atoms with Gasteiger partial charge in [-0.3, -0.25) is 9.59 Å². The molecule has 1 aliphatic heterocycles. The van der Waals surface area contributed by atoms with Gasteiger partial charge in [-0.15, -0.1) is 0 Å². The van der Waals surface area contributed by atoms with Crippen LogP contribution in [0.4, 0.5) is 11.4 Å². The van der Waals surface area contributed by atoms with Gasteiger partial charge >= 0.3 is 0 Å². The Kier molecular flexibility index (Phi) is 2.07. The largest absolute Gasteiger partial charge is 0.399 e. The second kappa shape index (κ2) is 3.27. The minimum absolute atomic E-state index is 0.230. The summed E-state index contributed by atoms with van der Waals surface area (Å²) in [5.41, 5.74) is 6.96. The van der Waals surface area contributed by atoms with Crippen LogP contribution in [0.1, 0.15) is 17.3 Å². The van der Waals surface area contributed by atoms with Gasteiger partial charge in [-0.1, -0.05) is 0 Å². The number of carbonyl (C=O) groups excluding carboxylic acids is 2. The van der Waals surface area contributed by atoms with Crippen LogP contribution in [0.5, 0.6) is 0 Å². The van der Waals surface area contributed by atoms with E-state index in [1.165, 1.54) is 0 Å². The van der Waals surface area contributed by atoms with Gasteiger partial charge in [-0.2, -0.15) is 0 Å². The Morgan fingerprint density at radius 3 is 2.80 bits per heavy atom. The Balaban J connectivity index is 2.51. The van der Waals surface area contributed by atoms with Gasteiger partial charge in [0.25, 0.3) is 5.91 Å². The highest BCUT2D eigenvalue weighted by Gasteiger charge is 2.24. The molecule has 0 unspecified atom stereocenters. The molecule has 5 nitrogen and oxygen atoms in total. The van der Waals surface area contributed by atoms with Gasteiger partial charge in [0.1, 0.15) is 6.04 Å². The summed E-state index contributed by atoms with van der Waals surface area (Å²) in [5.74, 6) is -0.518. The molecule has 1 aromatic carbocycles. The average Bonchev–Trinajstić information content (AvgIpc) is 2.28. The van der Waals surface area contributed by atoms with E-state index in [4.69, 9.17) is 5.73 Å². The van der Waals surface area contributed by atoms with Crippen LogP contribution in [-0.4, -0.2) is 17.9 Å². The number of nitrogens with two attached hydrogens (primary N) is 1. The van der Waals surface area contributed by atoms with E-state index < -0.39 is 6.04 Å². The first kappa shape index (κ1) is 9.51. The maximum atomic E-state index is 11.7.